The Labute approximate surface area is 235 Å². The van der Waals surface area contributed by atoms with Gasteiger partial charge in [-0.3, -0.25) is 9.36 Å². The van der Waals surface area contributed by atoms with Crippen LogP contribution >= 0.6 is 0 Å². The summed E-state index contributed by atoms with van der Waals surface area (Å²) in [6.45, 7) is 2.52. The van der Waals surface area contributed by atoms with Crippen LogP contribution in [0.2, 0.25) is 0 Å². The zero-order valence-electron chi connectivity index (χ0n) is 22.4. The van der Waals surface area contributed by atoms with Gasteiger partial charge in [-0.1, -0.05) is 24.3 Å². The highest BCUT2D eigenvalue weighted by Crippen LogP contribution is 2.32. The fraction of sp³-hybridized carbons (Fsp3) is 0.310. The lowest BCUT2D eigenvalue weighted by Gasteiger charge is -2.23. The average molecular weight is 558 g/mol. The molecule has 12 heteroatoms. The monoisotopic (exact) mass is 557 g/mol. The second-order valence-corrected chi connectivity index (χ2v) is 9.78. The number of aliphatic hydroxyl groups excluding tert-OH is 2. The number of aromatic amines is 1. The maximum Gasteiger partial charge on any atom is 0.251 e. The molecule has 1 aliphatic rings. The van der Waals surface area contributed by atoms with Crippen LogP contribution in [0.4, 0.5) is 5.82 Å². The number of hydrogen-bond donors (Lipinski definition) is 5. The molecule has 5 aromatic rings. The Hall–Kier alpha value is -4.52. The van der Waals surface area contributed by atoms with Crippen molar-refractivity contribution < 1.29 is 24.5 Å². The Morgan fingerprint density at radius 2 is 2.05 bits per heavy atom. The first-order valence-corrected chi connectivity index (χ1v) is 13.5. The maximum absolute atomic E-state index is 13.2. The summed E-state index contributed by atoms with van der Waals surface area (Å²) in [5.41, 5.74) is 3.63. The lowest BCUT2D eigenvalue weighted by Crippen LogP contribution is -2.46. The van der Waals surface area contributed by atoms with Crippen molar-refractivity contribution in [3.63, 3.8) is 0 Å². The summed E-state index contributed by atoms with van der Waals surface area (Å²) in [6.07, 6.45) is 2.79. The quantitative estimate of drug-likeness (QED) is 0.174. The molecule has 0 radical (unpaired) electrons. The molecule has 41 heavy (non-hydrogen) atoms. The van der Waals surface area contributed by atoms with Gasteiger partial charge in [0.2, 0.25) is 0 Å². The lowest BCUT2D eigenvalue weighted by molar-refractivity contribution is -0.0440. The molecule has 0 aliphatic carbocycles. The number of carbonyl (C=O) groups excluding carboxylic acids is 1. The van der Waals surface area contributed by atoms with Crippen LogP contribution in [0, 0.1) is 0 Å². The number of nitrogens with zero attached hydrogens (tertiary/aromatic N) is 4. The van der Waals surface area contributed by atoms with Crippen molar-refractivity contribution in [2.45, 2.75) is 37.8 Å². The fourth-order valence-corrected chi connectivity index (χ4v) is 5.24. The van der Waals surface area contributed by atoms with E-state index in [0.29, 0.717) is 41.4 Å². The topological polar surface area (TPSA) is 159 Å². The molecule has 212 valence electrons. The van der Waals surface area contributed by atoms with E-state index in [0.717, 1.165) is 11.9 Å². The summed E-state index contributed by atoms with van der Waals surface area (Å²) in [7, 11) is 0. The standard InChI is InChI=1S/C29H31N7O5/c1-2-40-19-7-5-6-17(12-19)28(39)35-23-25(38)22(14-37)41-29(23)36-16-34-24-26(32-15-33-27(24)36)30-11-10-18-13-31-21-9-4-3-8-20(18)21/h3-9,12-13,15-16,22-23,25,29,31,37-38H,2,10-11,14H2,1H3,(H,35,39)(H,30,32,33)/t22-,23-,25-,29-/m1/s1. The van der Waals surface area contributed by atoms with Crippen LogP contribution in [0.1, 0.15) is 29.1 Å². The van der Waals surface area contributed by atoms with Crippen molar-refractivity contribution in [1.29, 1.82) is 0 Å². The first-order chi connectivity index (χ1) is 20.1. The molecule has 1 amide bonds. The molecule has 6 rings (SSSR count). The highest BCUT2D eigenvalue weighted by atomic mass is 16.5. The third-order valence-electron chi connectivity index (χ3n) is 7.25. The Bertz CT molecular complexity index is 1670. The van der Waals surface area contributed by atoms with Crippen LogP contribution in [0.3, 0.4) is 0 Å². The molecule has 5 N–H and O–H groups in total. The van der Waals surface area contributed by atoms with Crippen molar-refractivity contribution in [3.05, 3.63) is 78.5 Å². The minimum atomic E-state index is -1.17. The maximum atomic E-state index is 13.2. The summed E-state index contributed by atoms with van der Waals surface area (Å²) in [5, 5.41) is 28.2. The van der Waals surface area contributed by atoms with Crippen LogP contribution < -0.4 is 15.4 Å². The SMILES string of the molecule is CCOc1cccc(C(=O)N[C@@H]2[C@H](O)[C@@H](CO)O[C@H]2n2cnc3c(NCCc4c[nH]c5ccccc45)ncnc32)c1. The number of anilines is 1. The van der Waals surface area contributed by atoms with Gasteiger partial charge in [-0.05, 0) is 43.2 Å². The van der Waals surface area contributed by atoms with Crippen LogP contribution in [0.15, 0.2) is 67.4 Å². The van der Waals surface area contributed by atoms with Crippen molar-refractivity contribution in [2.24, 2.45) is 0 Å². The highest BCUT2D eigenvalue weighted by Gasteiger charge is 2.46. The molecule has 0 bridgehead atoms. The zero-order valence-corrected chi connectivity index (χ0v) is 22.4. The van der Waals surface area contributed by atoms with Gasteiger partial charge >= 0.3 is 0 Å². The largest absolute Gasteiger partial charge is 0.494 e. The average Bonchev–Trinajstić information content (AvgIpc) is 3.69. The summed E-state index contributed by atoms with van der Waals surface area (Å²) in [4.78, 5) is 29.8. The molecular formula is C29H31N7O5. The number of para-hydroxylation sites is 1. The first kappa shape index (κ1) is 26.7. The molecule has 1 fully saturated rings. The van der Waals surface area contributed by atoms with E-state index in [4.69, 9.17) is 9.47 Å². The number of H-pyrrole nitrogens is 1. The van der Waals surface area contributed by atoms with Crippen LogP contribution in [-0.2, 0) is 11.2 Å². The fourth-order valence-electron chi connectivity index (χ4n) is 5.24. The molecule has 0 spiro atoms. The van der Waals surface area contributed by atoms with Crippen LogP contribution in [0.25, 0.3) is 22.1 Å². The van der Waals surface area contributed by atoms with Gasteiger partial charge in [-0.25, -0.2) is 15.0 Å². The molecule has 0 saturated carbocycles. The van der Waals surface area contributed by atoms with Gasteiger partial charge in [-0.15, -0.1) is 0 Å². The van der Waals surface area contributed by atoms with Gasteiger partial charge < -0.3 is 35.3 Å². The summed E-state index contributed by atoms with van der Waals surface area (Å²) >= 11 is 0. The Morgan fingerprint density at radius 3 is 2.90 bits per heavy atom. The number of carbonyl (C=O) groups is 1. The number of amides is 1. The number of fused-ring (bicyclic) bond motifs is 2. The van der Waals surface area contributed by atoms with Gasteiger partial charge in [-0.2, -0.15) is 0 Å². The number of aliphatic hydroxyl groups is 2. The molecule has 3 aromatic heterocycles. The molecule has 1 saturated heterocycles. The molecule has 4 heterocycles. The summed E-state index contributed by atoms with van der Waals surface area (Å²) in [6, 6.07) is 14.0. The van der Waals surface area contributed by atoms with Gasteiger partial charge in [0, 0.05) is 29.2 Å². The first-order valence-electron chi connectivity index (χ1n) is 13.5. The van der Waals surface area contributed by atoms with Crippen molar-refractivity contribution in [2.75, 3.05) is 25.1 Å². The van der Waals surface area contributed by atoms with E-state index in [-0.39, 0.29) is 0 Å². The number of nitrogens with one attached hydrogen (secondary N) is 3. The summed E-state index contributed by atoms with van der Waals surface area (Å²) < 4.78 is 13.1. The number of imidazole rings is 1. The number of rotatable bonds is 10. The predicted molar refractivity (Wildman–Crippen MR) is 152 cm³/mol. The smallest absolute Gasteiger partial charge is 0.251 e. The van der Waals surface area contributed by atoms with Gasteiger partial charge in [0.1, 0.15) is 30.3 Å². The molecule has 1 aliphatic heterocycles. The van der Waals surface area contributed by atoms with E-state index in [9.17, 15) is 15.0 Å². The Morgan fingerprint density at radius 1 is 1.17 bits per heavy atom. The van der Waals surface area contributed by atoms with Gasteiger partial charge in [0.25, 0.3) is 5.91 Å². The molecular weight excluding hydrogens is 526 g/mol. The molecule has 2 aromatic carbocycles. The molecule has 0 unspecified atom stereocenters. The minimum absolute atomic E-state index is 0.369. The Kier molecular flexibility index (Phi) is 7.51. The van der Waals surface area contributed by atoms with Crippen LogP contribution in [0.5, 0.6) is 5.75 Å². The third kappa shape index (κ3) is 5.20. The normalized spacial score (nSPS) is 20.5. The van der Waals surface area contributed by atoms with E-state index in [1.54, 1.807) is 28.8 Å². The minimum Gasteiger partial charge on any atom is -0.494 e. The van der Waals surface area contributed by atoms with Gasteiger partial charge in [0.15, 0.2) is 23.2 Å². The van der Waals surface area contributed by atoms with E-state index >= 15 is 0 Å². The Balaban J connectivity index is 1.22. The van der Waals surface area contributed by atoms with E-state index in [2.05, 4.69) is 36.6 Å². The van der Waals surface area contributed by atoms with Crippen LogP contribution in [-0.4, -0.2) is 78.6 Å². The second-order valence-electron chi connectivity index (χ2n) is 9.78. The molecule has 12 nitrogen and oxygen atoms in total. The van der Waals surface area contributed by atoms with E-state index in [1.165, 1.54) is 23.6 Å². The number of ether oxygens (including phenoxy) is 2. The number of aromatic nitrogens is 5. The van der Waals surface area contributed by atoms with Crippen molar-refractivity contribution in [1.82, 2.24) is 29.8 Å². The van der Waals surface area contributed by atoms with Gasteiger partial charge in [0.05, 0.1) is 19.5 Å². The van der Waals surface area contributed by atoms with E-state index < -0.39 is 37.0 Å². The lowest BCUT2D eigenvalue weighted by atomic mass is 10.1. The van der Waals surface area contributed by atoms with Crippen molar-refractivity contribution >= 4 is 33.8 Å². The zero-order chi connectivity index (χ0) is 28.3. The summed E-state index contributed by atoms with van der Waals surface area (Å²) in [5.74, 6) is 0.704. The predicted octanol–water partition coefficient (Wildman–Crippen LogP) is 2.41. The second kappa shape index (κ2) is 11.5. The highest BCUT2D eigenvalue weighted by molar-refractivity contribution is 5.95. The van der Waals surface area contributed by atoms with Crippen molar-refractivity contribution in [3.8, 4) is 5.75 Å². The van der Waals surface area contributed by atoms with E-state index in [1.807, 2.05) is 31.3 Å². The molecule has 4 atom stereocenters. The number of hydrogen-bond acceptors (Lipinski definition) is 9. The third-order valence-corrected chi connectivity index (χ3v) is 7.25. The number of benzene rings is 2.